The van der Waals surface area contributed by atoms with Gasteiger partial charge in [-0.2, -0.15) is 0 Å². The van der Waals surface area contributed by atoms with E-state index in [1.54, 1.807) is 31.2 Å². The lowest BCUT2D eigenvalue weighted by Crippen LogP contribution is -2.42. The number of rotatable bonds is 9. The molecule has 212 valence electrons. The normalized spacial score (nSPS) is 19.0. The van der Waals surface area contributed by atoms with E-state index in [4.69, 9.17) is 9.47 Å². The van der Waals surface area contributed by atoms with Crippen molar-refractivity contribution >= 4 is 23.1 Å². The number of nitro benzene ring substituents is 1. The number of hydrogen-bond donors (Lipinski definition) is 1. The van der Waals surface area contributed by atoms with Gasteiger partial charge in [-0.05, 0) is 41.8 Å². The fraction of sp³-hybridized carbons (Fsp3) is 0.290. The monoisotopic (exact) mass is 557 g/mol. The first-order valence-corrected chi connectivity index (χ1v) is 13.4. The van der Waals surface area contributed by atoms with Crippen molar-refractivity contribution in [1.29, 1.82) is 0 Å². The van der Waals surface area contributed by atoms with Gasteiger partial charge in [-0.25, -0.2) is 0 Å². The molecule has 10 heteroatoms. The lowest BCUT2D eigenvalue weighted by atomic mass is 9.93. The number of Topliss-reactive ketones (excluding diaryl/α,β-unsaturated/α-hetero) is 1. The van der Waals surface area contributed by atoms with Crippen LogP contribution in [0.1, 0.15) is 28.3 Å². The number of carbonyl (C=O) groups excluding carboxylic acids is 2. The minimum Gasteiger partial charge on any atom is -0.507 e. The Morgan fingerprint density at radius 2 is 1.78 bits per heavy atom. The van der Waals surface area contributed by atoms with E-state index in [9.17, 15) is 24.8 Å². The van der Waals surface area contributed by atoms with Crippen LogP contribution in [0.5, 0.6) is 5.75 Å². The second kappa shape index (κ2) is 12.3. The molecule has 2 aliphatic rings. The zero-order valence-corrected chi connectivity index (χ0v) is 22.7. The predicted molar refractivity (Wildman–Crippen MR) is 151 cm³/mol. The number of likely N-dealkylation sites (tertiary alicyclic amines) is 1. The minimum absolute atomic E-state index is 0.0986. The van der Waals surface area contributed by atoms with Crippen LogP contribution >= 0.6 is 0 Å². The zero-order chi connectivity index (χ0) is 28.9. The summed E-state index contributed by atoms with van der Waals surface area (Å²) in [6, 6.07) is 19.7. The van der Waals surface area contributed by atoms with Crippen LogP contribution in [0.3, 0.4) is 0 Å². The molecule has 10 nitrogen and oxygen atoms in total. The van der Waals surface area contributed by atoms with Crippen molar-refractivity contribution in [2.24, 2.45) is 0 Å². The highest BCUT2D eigenvalue weighted by Crippen LogP contribution is 2.41. The first kappa shape index (κ1) is 28.0. The van der Waals surface area contributed by atoms with Crippen LogP contribution in [0.2, 0.25) is 0 Å². The molecule has 0 spiro atoms. The maximum Gasteiger partial charge on any atom is 0.295 e. The second-order valence-corrected chi connectivity index (χ2v) is 10.0. The average Bonchev–Trinajstić information content (AvgIpc) is 3.25. The second-order valence-electron chi connectivity index (χ2n) is 10.0. The quantitative estimate of drug-likeness (QED) is 0.136. The van der Waals surface area contributed by atoms with Gasteiger partial charge in [0.25, 0.3) is 17.4 Å². The van der Waals surface area contributed by atoms with Crippen LogP contribution in [0.4, 0.5) is 5.69 Å². The molecule has 3 aromatic carbocycles. The summed E-state index contributed by atoms with van der Waals surface area (Å²) in [6.07, 6.45) is 0. The number of nitrogens with zero attached hydrogens (tertiary/aromatic N) is 3. The molecule has 1 atom stereocenters. The predicted octanol–water partition coefficient (Wildman–Crippen LogP) is 4.24. The lowest BCUT2D eigenvalue weighted by molar-refractivity contribution is -0.384. The van der Waals surface area contributed by atoms with Gasteiger partial charge in [0.05, 0.1) is 29.8 Å². The lowest BCUT2D eigenvalue weighted by Gasteiger charge is -2.31. The number of hydrogen-bond acceptors (Lipinski definition) is 8. The molecule has 0 unspecified atom stereocenters. The van der Waals surface area contributed by atoms with Crippen molar-refractivity contribution < 1.29 is 29.1 Å². The summed E-state index contributed by atoms with van der Waals surface area (Å²) >= 11 is 0. The fourth-order valence-electron chi connectivity index (χ4n) is 5.22. The van der Waals surface area contributed by atoms with Gasteiger partial charge < -0.3 is 19.5 Å². The maximum atomic E-state index is 13.4. The van der Waals surface area contributed by atoms with Crippen LogP contribution in [-0.4, -0.2) is 70.9 Å². The Balaban J connectivity index is 1.49. The van der Waals surface area contributed by atoms with Gasteiger partial charge in [-0.1, -0.05) is 42.5 Å². The standard InChI is InChI=1S/C31H31N3O7/c1-21-18-25(41-20-22-6-3-2-4-7-22)10-11-26(21)29(35)27-28(23-8-5-9-24(19-23)34(38)39)33(31(37)30(27)36)13-12-32-14-16-40-17-15-32/h2-11,18-19,28,35H,12-17,20H2,1H3/b29-27+/t28-/m0/s1. The molecule has 41 heavy (non-hydrogen) atoms. The van der Waals surface area contributed by atoms with E-state index in [1.165, 1.54) is 23.1 Å². The van der Waals surface area contributed by atoms with Gasteiger partial charge in [-0.15, -0.1) is 0 Å². The first-order chi connectivity index (χ1) is 19.8. The van der Waals surface area contributed by atoms with Crippen LogP contribution in [0.25, 0.3) is 5.76 Å². The van der Waals surface area contributed by atoms with E-state index >= 15 is 0 Å². The van der Waals surface area contributed by atoms with Crippen molar-refractivity contribution in [2.75, 3.05) is 39.4 Å². The van der Waals surface area contributed by atoms with Gasteiger partial charge in [0.1, 0.15) is 18.1 Å². The van der Waals surface area contributed by atoms with Crippen LogP contribution in [0.15, 0.2) is 78.4 Å². The average molecular weight is 558 g/mol. The summed E-state index contributed by atoms with van der Waals surface area (Å²) in [5, 5.41) is 23.0. The highest BCUT2D eigenvalue weighted by atomic mass is 16.6. The van der Waals surface area contributed by atoms with E-state index < -0.39 is 22.7 Å². The Labute approximate surface area is 237 Å². The van der Waals surface area contributed by atoms with Gasteiger partial charge >= 0.3 is 0 Å². The van der Waals surface area contributed by atoms with Gasteiger partial charge in [-0.3, -0.25) is 24.6 Å². The van der Waals surface area contributed by atoms with Crippen molar-refractivity contribution in [2.45, 2.75) is 19.6 Å². The fourth-order valence-corrected chi connectivity index (χ4v) is 5.22. The molecule has 0 aliphatic carbocycles. The summed E-state index contributed by atoms with van der Waals surface area (Å²) in [6.45, 7) is 5.41. The smallest absolute Gasteiger partial charge is 0.295 e. The van der Waals surface area contributed by atoms with Gasteiger partial charge in [0.15, 0.2) is 0 Å². The van der Waals surface area contributed by atoms with E-state index in [0.717, 1.165) is 5.56 Å². The number of morpholine rings is 1. The number of amides is 1. The SMILES string of the molecule is Cc1cc(OCc2ccccc2)ccc1/C(O)=C1\C(=O)C(=O)N(CCN2CCOCC2)[C@H]1c1cccc([N+](=O)[O-])c1. The molecule has 5 rings (SSSR count). The third kappa shape index (κ3) is 6.13. The molecule has 1 amide bonds. The van der Waals surface area contributed by atoms with Crippen molar-refractivity contribution in [1.82, 2.24) is 9.80 Å². The van der Waals surface area contributed by atoms with Gasteiger partial charge in [0.2, 0.25) is 0 Å². The first-order valence-electron chi connectivity index (χ1n) is 13.4. The third-order valence-electron chi connectivity index (χ3n) is 7.40. The number of non-ortho nitro benzene ring substituents is 1. The van der Waals surface area contributed by atoms with E-state index in [2.05, 4.69) is 4.90 Å². The van der Waals surface area contributed by atoms with Crippen molar-refractivity contribution in [3.8, 4) is 5.75 Å². The molecule has 3 aromatic rings. The molecule has 2 saturated heterocycles. The Morgan fingerprint density at radius 1 is 1.02 bits per heavy atom. The van der Waals surface area contributed by atoms with Crippen molar-refractivity contribution in [3.63, 3.8) is 0 Å². The topological polar surface area (TPSA) is 122 Å². The number of aliphatic hydroxyl groups excluding tert-OH is 1. The van der Waals surface area contributed by atoms with Gasteiger partial charge in [0, 0.05) is 43.9 Å². The zero-order valence-electron chi connectivity index (χ0n) is 22.7. The highest BCUT2D eigenvalue weighted by molar-refractivity contribution is 6.46. The summed E-state index contributed by atoms with van der Waals surface area (Å²) in [5.41, 5.74) is 2.13. The number of aliphatic hydroxyl groups is 1. The molecule has 0 bridgehead atoms. The number of ketones is 1. The number of aryl methyl sites for hydroxylation is 1. The number of benzene rings is 3. The molecule has 0 aromatic heterocycles. The molecule has 0 radical (unpaired) electrons. The Morgan fingerprint density at radius 3 is 2.49 bits per heavy atom. The largest absolute Gasteiger partial charge is 0.507 e. The molecular formula is C31H31N3O7. The molecule has 2 aliphatic heterocycles. The molecular weight excluding hydrogens is 526 g/mol. The number of carbonyl (C=O) groups is 2. The molecule has 2 fully saturated rings. The number of ether oxygens (including phenoxy) is 2. The van der Waals surface area contributed by atoms with Crippen LogP contribution < -0.4 is 4.74 Å². The summed E-state index contributed by atoms with van der Waals surface area (Å²) in [4.78, 5) is 41.3. The third-order valence-corrected chi connectivity index (χ3v) is 7.40. The van der Waals surface area contributed by atoms with E-state index in [-0.39, 0.29) is 23.6 Å². The molecule has 2 heterocycles. The van der Waals surface area contributed by atoms with Crippen LogP contribution in [0, 0.1) is 17.0 Å². The summed E-state index contributed by atoms with van der Waals surface area (Å²) in [7, 11) is 0. The Kier molecular flexibility index (Phi) is 8.42. The van der Waals surface area contributed by atoms with E-state index in [0.29, 0.717) is 61.9 Å². The minimum atomic E-state index is -0.982. The summed E-state index contributed by atoms with van der Waals surface area (Å²) in [5.74, 6) is -1.33. The summed E-state index contributed by atoms with van der Waals surface area (Å²) < 4.78 is 11.3. The highest BCUT2D eigenvalue weighted by Gasteiger charge is 2.46. The number of nitro groups is 1. The molecule has 0 saturated carbocycles. The Bertz CT molecular complexity index is 1480. The van der Waals surface area contributed by atoms with Crippen molar-refractivity contribution in [3.05, 3.63) is 111 Å². The molecule has 1 N–H and O–H groups in total. The van der Waals surface area contributed by atoms with Crippen LogP contribution in [-0.2, 0) is 20.9 Å². The maximum absolute atomic E-state index is 13.4. The van der Waals surface area contributed by atoms with E-state index in [1.807, 2.05) is 30.3 Å². The Hall–Kier alpha value is -4.54.